The maximum Gasteiger partial charge on any atom is 0.134 e. The molecule has 0 aromatic carbocycles. The third-order valence-corrected chi connectivity index (χ3v) is 2.98. The molecule has 1 aromatic heterocycles. The van der Waals surface area contributed by atoms with Crippen molar-refractivity contribution in [3.63, 3.8) is 0 Å². The largest absolute Gasteiger partial charge is 0.377 e. The van der Waals surface area contributed by atoms with Crippen molar-refractivity contribution in [1.29, 1.82) is 0 Å². The summed E-state index contributed by atoms with van der Waals surface area (Å²) in [7, 11) is 0. The molecule has 1 fully saturated rings. The molecule has 16 heavy (non-hydrogen) atoms. The number of ether oxygens (including phenoxy) is 1. The Bertz CT molecular complexity index is 352. The lowest BCUT2D eigenvalue weighted by Crippen LogP contribution is -2.45. The summed E-state index contributed by atoms with van der Waals surface area (Å²) in [5.41, 5.74) is 0. The first-order chi connectivity index (χ1) is 7.70. The molecule has 5 heteroatoms. The molecule has 1 unspecified atom stereocenters. The molecule has 1 atom stereocenters. The minimum Gasteiger partial charge on any atom is -0.377 e. The van der Waals surface area contributed by atoms with Gasteiger partial charge in [0, 0.05) is 12.6 Å². The van der Waals surface area contributed by atoms with E-state index in [2.05, 4.69) is 21.8 Å². The molecule has 1 aromatic rings. The highest BCUT2D eigenvalue weighted by molar-refractivity contribution is 6.29. The highest BCUT2D eigenvalue weighted by atomic mass is 35.5. The highest BCUT2D eigenvalue weighted by Gasteiger charge is 2.23. The van der Waals surface area contributed by atoms with Crippen molar-refractivity contribution in [2.45, 2.75) is 26.3 Å². The Hall–Kier alpha value is -0.870. The number of morpholine rings is 1. The van der Waals surface area contributed by atoms with Gasteiger partial charge in [-0.15, -0.1) is 0 Å². The molecule has 2 rings (SSSR count). The Morgan fingerprint density at radius 3 is 3.06 bits per heavy atom. The second-order valence-corrected chi connectivity index (χ2v) is 4.31. The summed E-state index contributed by atoms with van der Waals surface area (Å²) in [5.74, 6) is 1.62. The van der Waals surface area contributed by atoms with Gasteiger partial charge >= 0.3 is 0 Å². The Labute approximate surface area is 101 Å². The number of anilines is 1. The number of rotatable bonds is 2. The van der Waals surface area contributed by atoms with E-state index in [4.69, 9.17) is 16.3 Å². The van der Waals surface area contributed by atoms with Gasteiger partial charge in [0.1, 0.15) is 16.8 Å². The van der Waals surface area contributed by atoms with Gasteiger partial charge in [0.05, 0.1) is 19.3 Å². The van der Waals surface area contributed by atoms with Crippen LogP contribution in [0.3, 0.4) is 0 Å². The second-order valence-electron chi connectivity index (χ2n) is 3.93. The summed E-state index contributed by atoms with van der Waals surface area (Å²) in [4.78, 5) is 10.8. The highest BCUT2D eigenvalue weighted by Crippen LogP contribution is 2.21. The summed E-state index contributed by atoms with van der Waals surface area (Å²) in [6.45, 7) is 6.39. The lowest BCUT2D eigenvalue weighted by atomic mass is 10.2. The predicted octanol–water partition coefficient (Wildman–Crippen LogP) is 2.05. The molecule has 0 N–H and O–H groups in total. The summed E-state index contributed by atoms with van der Waals surface area (Å²) in [5, 5.41) is 0.504. The van der Waals surface area contributed by atoms with E-state index in [1.807, 2.05) is 13.0 Å². The lowest BCUT2D eigenvalue weighted by Gasteiger charge is -2.36. The van der Waals surface area contributed by atoms with Gasteiger partial charge in [-0.2, -0.15) is 0 Å². The average molecular weight is 242 g/mol. The molecule has 2 heterocycles. The predicted molar refractivity (Wildman–Crippen MR) is 64.0 cm³/mol. The molecule has 1 saturated heterocycles. The Kier molecular flexibility index (Phi) is 3.61. The molecule has 0 spiro atoms. The van der Waals surface area contributed by atoms with Crippen molar-refractivity contribution in [2.75, 3.05) is 24.7 Å². The zero-order chi connectivity index (χ0) is 11.5. The lowest BCUT2D eigenvalue weighted by molar-refractivity contribution is 0.0925. The van der Waals surface area contributed by atoms with Gasteiger partial charge in [0.15, 0.2) is 0 Å². The summed E-state index contributed by atoms with van der Waals surface area (Å²) in [6.07, 6.45) is 1.04. The maximum absolute atomic E-state index is 5.95. The van der Waals surface area contributed by atoms with E-state index in [9.17, 15) is 0 Å². The monoisotopic (exact) mass is 241 g/mol. The Morgan fingerprint density at radius 2 is 2.38 bits per heavy atom. The van der Waals surface area contributed by atoms with Crippen LogP contribution in [0.1, 0.15) is 19.2 Å². The van der Waals surface area contributed by atoms with Crippen LogP contribution in [0.2, 0.25) is 5.15 Å². The number of aryl methyl sites for hydroxylation is 1. The first kappa shape index (κ1) is 11.6. The summed E-state index contributed by atoms with van der Waals surface area (Å²) in [6, 6.07) is 2.21. The number of nitrogens with zero attached hydrogens (tertiary/aromatic N) is 3. The van der Waals surface area contributed by atoms with E-state index < -0.39 is 0 Å². The van der Waals surface area contributed by atoms with Crippen molar-refractivity contribution in [3.8, 4) is 0 Å². The van der Waals surface area contributed by atoms with Gasteiger partial charge in [-0.05, 0) is 13.3 Å². The fourth-order valence-corrected chi connectivity index (χ4v) is 2.18. The quantitative estimate of drug-likeness (QED) is 0.743. The molecular formula is C11H16ClN3O. The topological polar surface area (TPSA) is 38.2 Å². The van der Waals surface area contributed by atoms with Gasteiger partial charge in [-0.1, -0.05) is 18.5 Å². The van der Waals surface area contributed by atoms with Crippen molar-refractivity contribution in [3.05, 3.63) is 17.0 Å². The smallest absolute Gasteiger partial charge is 0.134 e. The van der Waals surface area contributed by atoms with Gasteiger partial charge < -0.3 is 9.64 Å². The number of halogens is 1. The van der Waals surface area contributed by atoms with Crippen LogP contribution in [-0.2, 0) is 4.74 Å². The molecule has 0 radical (unpaired) electrons. The second kappa shape index (κ2) is 4.97. The molecule has 0 amide bonds. The van der Waals surface area contributed by atoms with Gasteiger partial charge in [-0.25, -0.2) is 9.97 Å². The molecule has 0 aliphatic carbocycles. The summed E-state index contributed by atoms with van der Waals surface area (Å²) >= 11 is 5.95. The van der Waals surface area contributed by atoms with Crippen molar-refractivity contribution in [2.24, 2.45) is 0 Å². The van der Waals surface area contributed by atoms with Crippen molar-refractivity contribution < 1.29 is 4.74 Å². The molecule has 88 valence electrons. The third-order valence-electron chi connectivity index (χ3n) is 2.79. The van der Waals surface area contributed by atoms with Crippen LogP contribution in [-0.4, -0.2) is 35.8 Å². The van der Waals surface area contributed by atoms with Crippen LogP contribution < -0.4 is 4.90 Å². The zero-order valence-electron chi connectivity index (χ0n) is 9.61. The Balaban J connectivity index is 2.26. The van der Waals surface area contributed by atoms with Gasteiger partial charge in [0.25, 0.3) is 0 Å². The van der Waals surface area contributed by atoms with Crippen LogP contribution in [0.4, 0.5) is 5.82 Å². The first-order valence-electron chi connectivity index (χ1n) is 5.56. The minimum absolute atomic E-state index is 0.388. The van der Waals surface area contributed by atoms with Gasteiger partial charge in [0.2, 0.25) is 0 Å². The van der Waals surface area contributed by atoms with E-state index in [1.54, 1.807) is 0 Å². The van der Waals surface area contributed by atoms with Crippen LogP contribution in [0.5, 0.6) is 0 Å². The van der Waals surface area contributed by atoms with Gasteiger partial charge in [-0.3, -0.25) is 0 Å². The van der Waals surface area contributed by atoms with Crippen molar-refractivity contribution >= 4 is 17.4 Å². The third kappa shape index (κ3) is 2.44. The van der Waals surface area contributed by atoms with Crippen molar-refractivity contribution in [1.82, 2.24) is 9.97 Å². The number of aromatic nitrogens is 2. The molecule has 0 saturated carbocycles. The zero-order valence-corrected chi connectivity index (χ0v) is 10.4. The van der Waals surface area contributed by atoms with E-state index in [0.717, 1.165) is 32.0 Å². The van der Waals surface area contributed by atoms with E-state index in [0.29, 0.717) is 17.0 Å². The fraction of sp³-hybridized carbons (Fsp3) is 0.636. The fourth-order valence-electron chi connectivity index (χ4n) is 1.96. The minimum atomic E-state index is 0.388. The molecule has 1 aliphatic heterocycles. The standard InChI is InChI=1S/C11H16ClN3O/c1-3-9-7-16-5-4-15(9)11-6-10(12)13-8(2)14-11/h6,9H,3-5,7H2,1-2H3. The number of hydrogen-bond acceptors (Lipinski definition) is 4. The molecule has 0 bridgehead atoms. The molecular weight excluding hydrogens is 226 g/mol. The van der Waals surface area contributed by atoms with Crippen LogP contribution in [0.25, 0.3) is 0 Å². The van der Waals surface area contributed by atoms with Crippen LogP contribution in [0.15, 0.2) is 6.07 Å². The first-order valence-corrected chi connectivity index (χ1v) is 5.94. The average Bonchev–Trinajstić information content (AvgIpc) is 2.27. The number of hydrogen-bond donors (Lipinski definition) is 0. The molecule has 4 nitrogen and oxygen atoms in total. The molecule has 1 aliphatic rings. The summed E-state index contributed by atoms with van der Waals surface area (Å²) < 4.78 is 5.47. The van der Waals surface area contributed by atoms with E-state index in [-0.39, 0.29) is 0 Å². The van der Waals surface area contributed by atoms with E-state index >= 15 is 0 Å². The SMILES string of the molecule is CCC1COCCN1c1cc(Cl)nc(C)n1. The maximum atomic E-state index is 5.95. The normalized spacial score (nSPS) is 21.2. The van der Waals surface area contributed by atoms with Crippen LogP contribution in [0, 0.1) is 6.92 Å². The van der Waals surface area contributed by atoms with Crippen LogP contribution >= 0.6 is 11.6 Å². The Morgan fingerprint density at radius 1 is 1.56 bits per heavy atom. The van der Waals surface area contributed by atoms with E-state index in [1.165, 1.54) is 0 Å².